The average Bonchev–Trinajstić information content (AvgIpc) is 2.48. The van der Waals surface area contributed by atoms with Crippen LogP contribution in [0, 0.1) is 5.92 Å². The Kier molecular flexibility index (Phi) is 9.13. The van der Waals surface area contributed by atoms with Gasteiger partial charge in [-0.25, -0.2) is 4.79 Å². The van der Waals surface area contributed by atoms with Gasteiger partial charge in [-0.2, -0.15) is 0 Å². The van der Waals surface area contributed by atoms with Gasteiger partial charge in [0.05, 0.1) is 12.5 Å². The fourth-order valence-corrected chi connectivity index (χ4v) is 1.75. The van der Waals surface area contributed by atoms with E-state index >= 15 is 0 Å². The highest BCUT2D eigenvalue weighted by atomic mass is 16.4. The zero-order valence-electron chi connectivity index (χ0n) is 13.9. The molecule has 3 unspecified atom stereocenters. The van der Waals surface area contributed by atoms with E-state index in [0.717, 1.165) is 0 Å². The molecule has 11 heteroatoms. The molecule has 2 amide bonds. The predicted molar refractivity (Wildman–Crippen MR) is 83.4 cm³/mol. The van der Waals surface area contributed by atoms with Crippen molar-refractivity contribution in [1.29, 1.82) is 0 Å². The van der Waals surface area contributed by atoms with Crippen molar-refractivity contribution in [2.45, 2.75) is 51.2 Å². The maximum atomic E-state index is 12.2. The van der Waals surface area contributed by atoms with Crippen molar-refractivity contribution in [1.82, 2.24) is 10.6 Å². The van der Waals surface area contributed by atoms with Gasteiger partial charge in [-0.3, -0.25) is 19.2 Å². The largest absolute Gasteiger partial charge is 0.481 e. The van der Waals surface area contributed by atoms with E-state index < -0.39 is 60.7 Å². The number of hydrogen-bond acceptors (Lipinski definition) is 6. The van der Waals surface area contributed by atoms with E-state index in [1.54, 1.807) is 13.8 Å². The molecule has 0 aliphatic carbocycles. The molecule has 0 radical (unpaired) electrons. The van der Waals surface area contributed by atoms with Crippen molar-refractivity contribution in [2.75, 3.05) is 0 Å². The molecule has 0 aromatic rings. The van der Waals surface area contributed by atoms with Crippen molar-refractivity contribution >= 4 is 29.7 Å². The molecule has 0 aromatic heterocycles. The fraction of sp³-hybridized carbons (Fsp3) is 0.643. The minimum Gasteiger partial charge on any atom is -0.481 e. The zero-order valence-corrected chi connectivity index (χ0v) is 13.9. The van der Waals surface area contributed by atoms with Gasteiger partial charge in [0.1, 0.15) is 12.1 Å². The first kappa shape index (κ1) is 22.3. The van der Waals surface area contributed by atoms with Gasteiger partial charge in [0, 0.05) is 6.42 Å². The second-order valence-electron chi connectivity index (χ2n) is 5.76. The Bertz CT molecular complexity index is 534. The summed E-state index contributed by atoms with van der Waals surface area (Å²) >= 11 is 0. The molecule has 0 spiro atoms. The smallest absolute Gasteiger partial charge is 0.326 e. The van der Waals surface area contributed by atoms with Gasteiger partial charge in [-0.15, -0.1) is 0 Å². The second-order valence-corrected chi connectivity index (χ2v) is 5.76. The standard InChI is InChI=1S/C14H23N3O8/c1-6(2)11(15)13(23)16-7(3-4-9(18)19)12(22)17-8(14(24)25)5-10(20)21/h6-8,11H,3-5,15H2,1-2H3,(H,16,23)(H,17,22)(H,18,19)(H,20,21)(H,24,25). The van der Waals surface area contributed by atoms with E-state index in [0.29, 0.717) is 0 Å². The van der Waals surface area contributed by atoms with Gasteiger partial charge in [0.25, 0.3) is 0 Å². The lowest BCUT2D eigenvalue weighted by Crippen LogP contribution is -2.55. The third-order valence-corrected chi connectivity index (χ3v) is 3.29. The van der Waals surface area contributed by atoms with Crippen molar-refractivity contribution < 1.29 is 39.3 Å². The summed E-state index contributed by atoms with van der Waals surface area (Å²) in [6, 6.07) is -4.02. The molecule has 7 N–H and O–H groups in total. The zero-order chi connectivity index (χ0) is 19.7. The Balaban J connectivity index is 5.13. The Labute approximate surface area is 143 Å². The SMILES string of the molecule is CC(C)C(N)C(=O)NC(CCC(=O)O)C(=O)NC(CC(=O)O)C(=O)O. The van der Waals surface area contributed by atoms with Gasteiger partial charge < -0.3 is 31.7 Å². The average molecular weight is 361 g/mol. The summed E-state index contributed by atoms with van der Waals surface area (Å²) in [6.45, 7) is 3.34. The number of rotatable bonds is 11. The molecular formula is C14H23N3O8. The molecule has 0 aliphatic rings. The van der Waals surface area contributed by atoms with Gasteiger partial charge in [0.15, 0.2) is 0 Å². The van der Waals surface area contributed by atoms with Gasteiger partial charge >= 0.3 is 17.9 Å². The summed E-state index contributed by atoms with van der Waals surface area (Å²) < 4.78 is 0. The molecule has 0 saturated heterocycles. The third-order valence-electron chi connectivity index (χ3n) is 3.29. The Morgan fingerprint density at radius 3 is 1.80 bits per heavy atom. The number of aliphatic carboxylic acids is 3. The minimum absolute atomic E-state index is 0.248. The maximum absolute atomic E-state index is 12.2. The Hall–Kier alpha value is -2.69. The highest BCUT2D eigenvalue weighted by Gasteiger charge is 2.30. The first-order valence-corrected chi connectivity index (χ1v) is 7.48. The molecule has 142 valence electrons. The summed E-state index contributed by atoms with van der Waals surface area (Å²) in [5, 5.41) is 30.6. The number of hydrogen-bond donors (Lipinski definition) is 6. The molecule has 0 fully saturated rings. The van der Waals surface area contributed by atoms with Crippen LogP contribution in [0.5, 0.6) is 0 Å². The Morgan fingerprint density at radius 2 is 1.40 bits per heavy atom. The van der Waals surface area contributed by atoms with E-state index in [9.17, 15) is 24.0 Å². The van der Waals surface area contributed by atoms with E-state index in [1.165, 1.54) is 0 Å². The molecule has 3 atom stereocenters. The summed E-state index contributed by atoms with van der Waals surface area (Å²) in [7, 11) is 0. The molecule has 11 nitrogen and oxygen atoms in total. The van der Waals surface area contributed by atoms with Crippen LogP contribution in [0.4, 0.5) is 0 Å². The number of nitrogens with one attached hydrogen (secondary N) is 2. The van der Waals surface area contributed by atoms with Crippen LogP contribution < -0.4 is 16.4 Å². The minimum atomic E-state index is -1.71. The first-order chi connectivity index (χ1) is 11.5. The van der Waals surface area contributed by atoms with Crippen molar-refractivity contribution in [2.24, 2.45) is 11.7 Å². The number of carbonyl (C=O) groups is 5. The summed E-state index contributed by atoms with van der Waals surface area (Å²) in [5.41, 5.74) is 5.65. The molecule has 0 saturated carbocycles. The lowest BCUT2D eigenvalue weighted by atomic mass is 10.0. The summed E-state index contributed by atoms with van der Waals surface area (Å²) in [4.78, 5) is 56.5. The van der Waals surface area contributed by atoms with Crippen LogP contribution in [-0.2, 0) is 24.0 Å². The Morgan fingerprint density at radius 1 is 0.880 bits per heavy atom. The van der Waals surface area contributed by atoms with Crippen molar-refractivity contribution in [3.63, 3.8) is 0 Å². The number of amides is 2. The van der Waals surface area contributed by atoms with Gasteiger partial charge in [-0.05, 0) is 12.3 Å². The quantitative estimate of drug-likeness (QED) is 0.250. The number of carboxylic acids is 3. The fourth-order valence-electron chi connectivity index (χ4n) is 1.75. The topological polar surface area (TPSA) is 196 Å². The molecular weight excluding hydrogens is 338 g/mol. The normalized spacial score (nSPS) is 14.2. The van der Waals surface area contributed by atoms with Crippen molar-refractivity contribution in [3.8, 4) is 0 Å². The molecule has 0 bridgehead atoms. The summed E-state index contributed by atoms with van der Waals surface area (Å²) in [5.74, 6) is -6.19. The number of carbonyl (C=O) groups excluding carboxylic acids is 2. The second kappa shape index (κ2) is 10.2. The van der Waals surface area contributed by atoms with Gasteiger partial charge in [-0.1, -0.05) is 13.8 Å². The van der Waals surface area contributed by atoms with E-state index in [4.69, 9.17) is 21.1 Å². The lowest BCUT2D eigenvalue weighted by molar-refractivity contribution is -0.147. The highest BCUT2D eigenvalue weighted by Crippen LogP contribution is 2.04. The number of nitrogens with two attached hydrogens (primary N) is 1. The lowest BCUT2D eigenvalue weighted by Gasteiger charge is -2.23. The van der Waals surface area contributed by atoms with Crippen molar-refractivity contribution in [3.05, 3.63) is 0 Å². The predicted octanol–water partition coefficient (Wildman–Crippen LogP) is -1.64. The monoisotopic (exact) mass is 361 g/mol. The maximum Gasteiger partial charge on any atom is 0.326 e. The van der Waals surface area contributed by atoms with Crippen LogP contribution in [-0.4, -0.2) is 63.2 Å². The van der Waals surface area contributed by atoms with Gasteiger partial charge in [0.2, 0.25) is 11.8 Å². The van der Waals surface area contributed by atoms with E-state index in [-0.39, 0.29) is 12.3 Å². The summed E-state index contributed by atoms with van der Waals surface area (Å²) in [6.07, 6.45) is -1.64. The van der Waals surface area contributed by atoms with Crippen LogP contribution in [0.1, 0.15) is 33.1 Å². The molecule has 0 aliphatic heterocycles. The van der Waals surface area contributed by atoms with Crippen LogP contribution in [0.15, 0.2) is 0 Å². The van der Waals surface area contributed by atoms with Crippen LogP contribution >= 0.6 is 0 Å². The van der Waals surface area contributed by atoms with Crippen LogP contribution in [0.3, 0.4) is 0 Å². The van der Waals surface area contributed by atoms with Crippen LogP contribution in [0.2, 0.25) is 0 Å². The molecule has 0 aromatic carbocycles. The first-order valence-electron chi connectivity index (χ1n) is 7.48. The van der Waals surface area contributed by atoms with E-state index in [1.807, 2.05) is 5.32 Å². The highest BCUT2D eigenvalue weighted by molar-refractivity contribution is 5.93. The van der Waals surface area contributed by atoms with Crippen LogP contribution in [0.25, 0.3) is 0 Å². The van der Waals surface area contributed by atoms with E-state index in [2.05, 4.69) is 5.32 Å². The molecule has 0 rings (SSSR count). The molecule has 0 heterocycles. The number of carboxylic acid groups (broad SMARTS) is 3. The third kappa shape index (κ3) is 8.65. The molecule has 25 heavy (non-hydrogen) atoms.